The van der Waals surface area contributed by atoms with E-state index in [1.54, 1.807) is 0 Å². The van der Waals surface area contributed by atoms with Crippen molar-refractivity contribution in [2.75, 3.05) is 19.8 Å². The molecule has 2 atom stereocenters. The van der Waals surface area contributed by atoms with Crippen LogP contribution in [0.15, 0.2) is 0 Å². The fraction of sp³-hybridized carbons (Fsp3) is 0.900. The van der Waals surface area contributed by atoms with E-state index in [9.17, 15) is 4.79 Å². The molecule has 0 aliphatic carbocycles. The number of amides is 1. The van der Waals surface area contributed by atoms with Crippen molar-refractivity contribution in [2.45, 2.75) is 32.2 Å². The first-order valence-corrected chi connectivity index (χ1v) is 5.33. The Morgan fingerprint density at radius 3 is 3.00 bits per heavy atom. The monoisotopic (exact) mass is 200 g/mol. The molecule has 0 spiro atoms. The molecule has 1 aliphatic heterocycles. The van der Waals surface area contributed by atoms with E-state index in [0.717, 1.165) is 32.6 Å². The van der Waals surface area contributed by atoms with E-state index in [4.69, 9.17) is 10.5 Å². The molecule has 0 aromatic carbocycles. The van der Waals surface area contributed by atoms with Crippen molar-refractivity contribution in [2.24, 2.45) is 11.7 Å². The third kappa shape index (κ3) is 3.64. The summed E-state index contributed by atoms with van der Waals surface area (Å²) in [6.45, 7) is 4.52. The normalized spacial score (nSPS) is 24.5. The molecule has 2 unspecified atom stereocenters. The number of nitrogens with two attached hydrogens (primary N) is 1. The number of hydrogen-bond acceptors (Lipinski definition) is 3. The van der Waals surface area contributed by atoms with Gasteiger partial charge in [-0.2, -0.15) is 0 Å². The Kier molecular flexibility index (Phi) is 4.90. The third-order valence-electron chi connectivity index (χ3n) is 2.65. The Hall–Kier alpha value is -0.610. The summed E-state index contributed by atoms with van der Waals surface area (Å²) >= 11 is 0. The predicted molar refractivity (Wildman–Crippen MR) is 54.8 cm³/mol. The van der Waals surface area contributed by atoms with Crippen LogP contribution in [0.3, 0.4) is 0 Å². The van der Waals surface area contributed by atoms with Crippen LogP contribution in [0.1, 0.15) is 26.2 Å². The van der Waals surface area contributed by atoms with Crippen LogP contribution in [-0.2, 0) is 9.53 Å². The second-order valence-corrected chi connectivity index (χ2v) is 3.81. The van der Waals surface area contributed by atoms with Gasteiger partial charge < -0.3 is 15.8 Å². The van der Waals surface area contributed by atoms with Crippen molar-refractivity contribution >= 4 is 5.91 Å². The fourth-order valence-electron chi connectivity index (χ4n) is 1.97. The number of rotatable bonds is 5. The molecule has 1 fully saturated rings. The zero-order valence-electron chi connectivity index (χ0n) is 8.79. The van der Waals surface area contributed by atoms with Gasteiger partial charge in [0.2, 0.25) is 5.91 Å². The molecule has 3 N–H and O–H groups in total. The molecule has 1 aliphatic rings. The first-order chi connectivity index (χ1) is 6.74. The molecule has 4 nitrogen and oxygen atoms in total. The molecule has 1 saturated heterocycles. The van der Waals surface area contributed by atoms with E-state index >= 15 is 0 Å². The number of hydrogen-bond donors (Lipinski definition) is 2. The minimum atomic E-state index is -0.235. The summed E-state index contributed by atoms with van der Waals surface area (Å²) < 4.78 is 5.40. The molecule has 0 bridgehead atoms. The van der Waals surface area contributed by atoms with Gasteiger partial charge in [-0.3, -0.25) is 4.79 Å². The average Bonchev–Trinajstić information content (AvgIpc) is 2.18. The topological polar surface area (TPSA) is 64.3 Å². The van der Waals surface area contributed by atoms with Crippen molar-refractivity contribution in [3.05, 3.63) is 0 Å². The Labute approximate surface area is 85.2 Å². The van der Waals surface area contributed by atoms with Crippen LogP contribution >= 0.6 is 0 Å². The summed E-state index contributed by atoms with van der Waals surface area (Å²) in [5.74, 6) is 0.206. The largest absolute Gasteiger partial charge is 0.381 e. The zero-order valence-corrected chi connectivity index (χ0v) is 8.79. The number of carbonyl (C=O) groups excluding carboxylic acids is 1. The van der Waals surface area contributed by atoms with E-state index in [0.29, 0.717) is 12.3 Å². The summed E-state index contributed by atoms with van der Waals surface area (Å²) in [6.07, 6.45) is 2.64. The second-order valence-electron chi connectivity index (χ2n) is 3.81. The van der Waals surface area contributed by atoms with Crippen LogP contribution in [0.2, 0.25) is 0 Å². The lowest BCUT2D eigenvalue weighted by Crippen LogP contribution is -2.42. The van der Waals surface area contributed by atoms with Gasteiger partial charge in [0, 0.05) is 19.1 Å². The third-order valence-corrected chi connectivity index (χ3v) is 2.65. The molecular weight excluding hydrogens is 180 g/mol. The maximum absolute atomic E-state index is 10.9. The van der Waals surface area contributed by atoms with Gasteiger partial charge in [0.15, 0.2) is 0 Å². The molecule has 0 aromatic heterocycles. The standard InChI is InChI=1S/C10H20N2O2/c1-2-12-9(6-10(11)13)8-4-3-5-14-7-8/h8-9,12H,2-7H2,1H3,(H2,11,13). The van der Waals surface area contributed by atoms with E-state index in [1.165, 1.54) is 0 Å². The Morgan fingerprint density at radius 2 is 2.50 bits per heavy atom. The molecule has 0 saturated carbocycles. The lowest BCUT2D eigenvalue weighted by molar-refractivity contribution is -0.119. The minimum Gasteiger partial charge on any atom is -0.381 e. The number of carbonyl (C=O) groups is 1. The highest BCUT2D eigenvalue weighted by molar-refractivity contribution is 5.74. The predicted octanol–water partition coefficient (Wildman–Crippen LogP) is 0.267. The van der Waals surface area contributed by atoms with Crippen molar-refractivity contribution < 1.29 is 9.53 Å². The average molecular weight is 200 g/mol. The number of primary amides is 1. The Morgan fingerprint density at radius 1 is 1.71 bits per heavy atom. The molecule has 4 heteroatoms. The van der Waals surface area contributed by atoms with E-state index in [1.807, 2.05) is 6.92 Å². The van der Waals surface area contributed by atoms with Gasteiger partial charge in [0.25, 0.3) is 0 Å². The van der Waals surface area contributed by atoms with Crippen molar-refractivity contribution in [1.82, 2.24) is 5.32 Å². The summed E-state index contributed by atoms with van der Waals surface area (Å²) in [6, 6.07) is 0.192. The Balaban J connectivity index is 2.42. The fourth-order valence-corrected chi connectivity index (χ4v) is 1.97. The first-order valence-electron chi connectivity index (χ1n) is 5.33. The van der Waals surface area contributed by atoms with Crippen LogP contribution in [0.4, 0.5) is 0 Å². The number of ether oxygens (including phenoxy) is 1. The van der Waals surface area contributed by atoms with Gasteiger partial charge in [-0.25, -0.2) is 0 Å². The van der Waals surface area contributed by atoms with Crippen LogP contribution in [-0.4, -0.2) is 31.7 Å². The second kappa shape index (κ2) is 5.98. The summed E-state index contributed by atoms with van der Waals surface area (Å²) in [7, 11) is 0. The van der Waals surface area contributed by atoms with E-state index in [-0.39, 0.29) is 11.9 Å². The van der Waals surface area contributed by atoms with Gasteiger partial charge in [0.1, 0.15) is 0 Å². The van der Waals surface area contributed by atoms with E-state index < -0.39 is 0 Å². The highest BCUT2D eigenvalue weighted by Gasteiger charge is 2.24. The van der Waals surface area contributed by atoms with Crippen LogP contribution < -0.4 is 11.1 Å². The molecule has 1 rings (SSSR count). The molecule has 0 radical (unpaired) electrons. The smallest absolute Gasteiger partial charge is 0.218 e. The van der Waals surface area contributed by atoms with Gasteiger partial charge in [0.05, 0.1) is 6.61 Å². The Bertz CT molecular complexity index is 179. The van der Waals surface area contributed by atoms with Gasteiger partial charge in [-0.05, 0) is 25.3 Å². The van der Waals surface area contributed by atoms with Crippen LogP contribution in [0, 0.1) is 5.92 Å². The maximum Gasteiger partial charge on any atom is 0.218 e. The molecule has 1 heterocycles. The van der Waals surface area contributed by atoms with Crippen LogP contribution in [0.25, 0.3) is 0 Å². The van der Waals surface area contributed by atoms with Crippen molar-refractivity contribution in [3.8, 4) is 0 Å². The molecule has 14 heavy (non-hydrogen) atoms. The molecule has 1 amide bonds. The quantitative estimate of drug-likeness (QED) is 0.669. The minimum absolute atomic E-state index is 0.192. The van der Waals surface area contributed by atoms with Crippen molar-refractivity contribution in [1.29, 1.82) is 0 Å². The highest BCUT2D eigenvalue weighted by atomic mass is 16.5. The molecular formula is C10H20N2O2. The van der Waals surface area contributed by atoms with Gasteiger partial charge >= 0.3 is 0 Å². The molecule has 0 aromatic rings. The summed E-state index contributed by atoms with van der Waals surface area (Å²) in [5.41, 5.74) is 5.21. The SMILES string of the molecule is CCNC(CC(N)=O)C1CCCOC1. The molecule has 82 valence electrons. The van der Waals surface area contributed by atoms with Crippen molar-refractivity contribution in [3.63, 3.8) is 0 Å². The van der Waals surface area contributed by atoms with Crippen LogP contribution in [0.5, 0.6) is 0 Å². The van der Waals surface area contributed by atoms with Gasteiger partial charge in [-0.1, -0.05) is 6.92 Å². The lowest BCUT2D eigenvalue weighted by atomic mass is 9.91. The summed E-state index contributed by atoms with van der Waals surface area (Å²) in [4.78, 5) is 10.9. The highest BCUT2D eigenvalue weighted by Crippen LogP contribution is 2.19. The van der Waals surface area contributed by atoms with Gasteiger partial charge in [-0.15, -0.1) is 0 Å². The lowest BCUT2D eigenvalue weighted by Gasteiger charge is -2.30. The summed E-state index contributed by atoms with van der Waals surface area (Å²) in [5, 5.41) is 3.30. The number of nitrogens with one attached hydrogen (secondary N) is 1. The first kappa shape index (κ1) is 11.5. The van der Waals surface area contributed by atoms with E-state index in [2.05, 4.69) is 5.32 Å². The maximum atomic E-state index is 10.9. The zero-order chi connectivity index (χ0) is 10.4.